The van der Waals surface area contributed by atoms with Crippen molar-refractivity contribution in [2.24, 2.45) is 10.6 Å². The Hall–Kier alpha value is -1.31. The molecule has 0 aliphatic carbocycles. The van der Waals surface area contributed by atoms with Crippen LogP contribution in [0.5, 0.6) is 0 Å². The molecule has 0 spiro atoms. The van der Waals surface area contributed by atoms with E-state index in [1.165, 1.54) is 6.07 Å². The van der Waals surface area contributed by atoms with Crippen LogP contribution >= 0.6 is 0 Å². The minimum absolute atomic E-state index is 0.0263. The Morgan fingerprint density at radius 2 is 1.95 bits per heavy atom. The zero-order valence-electron chi connectivity index (χ0n) is 12.8. The normalized spacial score (nSPS) is 12.4. The standard InChI is InChI=1S/C14H25N3O3S/c1-10-12(17-9-14(2,3)5-4-6-18)7-11(15)8-13(10)21(16,19)20/h7-8,17-18H,4-6,9,15H2,1-3H3,(H2,16,19,20). The van der Waals surface area contributed by atoms with Gasteiger partial charge in [0, 0.05) is 24.5 Å². The molecule has 120 valence electrons. The number of rotatable bonds is 7. The molecule has 0 bridgehead atoms. The van der Waals surface area contributed by atoms with E-state index in [1.54, 1.807) is 13.0 Å². The van der Waals surface area contributed by atoms with Crippen molar-refractivity contribution in [3.05, 3.63) is 17.7 Å². The fourth-order valence-electron chi connectivity index (χ4n) is 2.17. The number of nitrogens with one attached hydrogen (secondary N) is 1. The summed E-state index contributed by atoms with van der Waals surface area (Å²) in [4.78, 5) is 0.0400. The van der Waals surface area contributed by atoms with Gasteiger partial charge in [-0.15, -0.1) is 0 Å². The van der Waals surface area contributed by atoms with E-state index >= 15 is 0 Å². The summed E-state index contributed by atoms with van der Waals surface area (Å²) in [5.41, 5.74) is 7.30. The number of aliphatic hydroxyl groups is 1. The van der Waals surface area contributed by atoms with Crippen LogP contribution in [0.4, 0.5) is 11.4 Å². The van der Waals surface area contributed by atoms with E-state index in [1.807, 2.05) is 0 Å². The molecule has 0 saturated carbocycles. The van der Waals surface area contributed by atoms with Gasteiger partial charge in [-0.25, -0.2) is 13.6 Å². The summed E-state index contributed by atoms with van der Waals surface area (Å²) in [6.45, 7) is 6.66. The molecule has 0 fully saturated rings. The van der Waals surface area contributed by atoms with Gasteiger partial charge in [0.15, 0.2) is 0 Å². The number of primary sulfonamides is 1. The zero-order chi connectivity index (χ0) is 16.3. The smallest absolute Gasteiger partial charge is 0.238 e. The lowest BCUT2D eigenvalue weighted by Gasteiger charge is -2.26. The van der Waals surface area contributed by atoms with Crippen molar-refractivity contribution in [1.29, 1.82) is 0 Å². The Morgan fingerprint density at radius 3 is 2.48 bits per heavy atom. The van der Waals surface area contributed by atoms with Gasteiger partial charge in [-0.2, -0.15) is 0 Å². The number of anilines is 2. The van der Waals surface area contributed by atoms with Gasteiger partial charge in [0.05, 0.1) is 4.90 Å². The second-order valence-corrected chi connectivity index (χ2v) is 7.61. The molecule has 21 heavy (non-hydrogen) atoms. The number of hydrogen-bond donors (Lipinski definition) is 4. The van der Waals surface area contributed by atoms with Crippen LogP contribution in [0.3, 0.4) is 0 Å². The number of aliphatic hydroxyl groups excluding tert-OH is 1. The predicted octanol–water partition coefficient (Wildman–Crippen LogP) is 1.44. The number of hydrogen-bond acceptors (Lipinski definition) is 5. The van der Waals surface area contributed by atoms with Gasteiger partial charge in [-0.3, -0.25) is 0 Å². The monoisotopic (exact) mass is 315 g/mol. The molecule has 6 nitrogen and oxygen atoms in total. The third-order valence-corrected chi connectivity index (χ3v) is 4.50. The second kappa shape index (κ2) is 6.64. The molecule has 0 aliphatic rings. The minimum atomic E-state index is -3.80. The summed E-state index contributed by atoms with van der Waals surface area (Å²) < 4.78 is 23.1. The molecule has 0 heterocycles. The summed E-state index contributed by atoms with van der Waals surface area (Å²) in [5.74, 6) is 0. The first-order chi connectivity index (χ1) is 9.57. The summed E-state index contributed by atoms with van der Waals surface area (Å²) >= 11 is 0. The Balaban J connectivity index is 2.97. The van der Waals surface area contributed by atoms with Crippen LogP contribution in [0.25, 0.3) is 0 Å². The maximum Gasteiger partial charge on any atom is 0.238 e. The van der Waals surface area contributed by atoms with E-state index in [2.05, 4.69) is 19.2 Å². The maximum atomic E-state index is 11.6. The summed E-state index contributed by atoms with van der Waals surface area (Å²) in [7, 11) is -3.80. The third kappa shape index (κ3) is 5.18. The largest absolute Gasteiger partial charge is 0.399 e. The van der Waals surface area contributed by atoms with Crippen LogP contribution < -0.4 is 16.2 Å². The van der Waals surface area contributed by atoms with Crippen molar-refractivity contribution in [1.82, 2.24) is 0 Å². The highest BCUT2D eigenvalue weighted by atomic mass is 32.2. The number of sulfonamides is 1. The third-order valence-electron chi connectivity index (χ3n) is 3.46. The van der Waals surface area contributed by atoms with Crippen molar-refractivity contribution in [3.8, 4) is 0 Å². The highest BCUT2D eigenvalue weighted by Gasteiger charge is 2.19. The molecule has 7 heteroatoms. The van der Waals surface area contributed by atoms with E-state index < -0.39 is 10.0 Å². The van der Waals surface area contributed by atoms with Gasteiger partial charge in [0.25, 0.3) is 0 Å². The zero-order valence-corrected chi connectivity index (χ0v) is 13.6. The molecular formula is C14H25N3O3S. The van der Waals surface area contributed by atoms with Crippen LogP contribution in [0.15, 0.2) is 17.0 Å². The summed E-state index contributed by atoms with van der Waals surface area (Å²) in [6.07, 6.45) is 1.59. The molecule has 1 aromatic rings. The number of benzene rings is 1. The lowest BCUT2D eigenvalue weighted by Crippen LogP contribution is -2.24. The maximum absolute atomic E-state index is 11.6. The van der Waals surface area contributed by atoms with Crippen LogP contribution in [0.2, 0.25) is 0 Å². The highest BCUT2D eigenvalue weighted by molar-refractivity contribution is 7.89. The molecule has 0 saturated heterocycles. The molecule has 0 radical (unpaired) electrons. The van der Waals surface area contributed by atoms with Gasteiger partial charge in [0.1, 0.15) is 0 Å². The van der Waals surface area contributed by atoms with Crippen LogP contribution in [0, 0.1) is 12.3 Å². The van der Waals surface area contributed by atoms with Crippen LogP contribution in [-0.4, -0.2) is 26.7 Å². The Morgan fingerprint density at radius 1 is 1.33 bits per heavy atom. The van der Waals surface area contributed by atoms with Crippen molar-refractivity contribution in [2.75, 3.05) is 24.2 Å². The molecule has 6 N–H and O–H groups in total. The highest BCUT2D eigenvalue weighted by Crippen LogP contribution is 2.28. The van der Waals surface area contributed by atoms with Crippen LogP contribution in [0.1, 0.15) is 32.3 Å². The first kappa shape index (κ1) is 17.7. The SMILES string of the molecule is Cc1c(NCC(C)(C)CCCO)cc(N)cc1S(N)(=O)=O. The second-order valence-electron chi connectivity index (χ2n) is 6.08. The minimum Gasteiger partial charge on any atom is -0.399 e. The Labute approximate surface area is 126 Å². The molecule has 1 aromatic carbocycles. The van der Waals surface area contributed by atoms with E-state index in [9.17, 15) is 8.42 Å². The van der Waals surface area contributed by atoms with Gasteiger partial charge in [-0.1, -0.05) is 13.8 Å². The van der Waals surface area contributed by atoms with E-state index in [4.69, 9.17) is 16.0 Å². The van der Waals surface area contributed by atoms with Crippen LogP contribution in [-0.2, 0) is 10.0 Å². The average Bonchev–Trinajstić information content (AvgIpc) is 2.36. The number of nitrogen functional groups attached to an aromatic ring is 1. The lowest BCUT2D eigenvalue weighted by atomic mass is 9.88. The molecule has 0 amide bonds. The van der Waals surface area contributed by atoms with Crippen molar-refractivity contribution >= 4 is 21.4 Å². The van der Waals surface area contributed by atoms with Crippen molar-refractivity contribution < 1.29 is 13.5 Å². The molecule has 0 atom stereocenters. The first-order valence-electron chi connectivity index (χ1n) is 6.84. The predicted molar refractivity (Wildman–Crippen MR) is 85.6 cm³/mol. The quantitative estimate of drug-likeness (QED) is 0.568. The average molecular weight is 315 g/mol. The molecule has 0 unspecified atom stereocenters. The Bertz CT molecular complexity index is 598. The first-order valence-corrected chi connectivity index (χ1v) is 8.39. The molecule has 0 aliphatic heterocycles. The molecule has 0 aromatic heterocycles. The van der Waals surface area contributed by atoms with Gasteiger partial charge in [-0.05, 0) is 42.9 Å². The van der Waals surface area contributed by atoms with E-state index in [0.29, 0.717) is 23.5 Å². The van der Waals surface area contributed by atoms with Crippen molar-refractivity contribution in [3.63, 3.8) is 0 Å². The molecule has 1 rings (SSSR count). The summed E-state index contributed by atoms with van der Waals surface area (Å²) in [5, 5.41) is 17.3. The van der Waals surface area contributed by atoms with Gasteiger partial charge in [0.2, 0.25) is 10.0 Å². The number of nitrogens with two attached hydrogens (primary N) is 2. The summed E-state index contributed by atoms with van der Waals surface area (Å²) in [6, 6.07) is 3.07. The Kier molecular flexibility index (Phi) is 5.61. The van der Waals surface area contributed by atoms with Crippen molar-refractivity contribution in [2.45, 2.75) is 38.5 Å². The van der Waals surface area contributed by atoms with Gasteiger partial charge < -0.3 is 16.2 Å². The fraction of sp³-hybridized carbons (Fsp3) is 0.571. The topological polar surface area (TPSA) is 118 Å². The van der Waals surface area contributed by atoms with E-state index in [0.717, 1.165) is 12.8 Å². The molecular weight excluding hydrogens is 290 g/mol. The fourth-order valence-corrected chi connectivity index (χ4v) is 3.01. The van der Waals surface area contributed by atoms with Gasteiger partial charge >= 0.3 is 0 Å². The van der Waals surface area contributed by atoms with E-state index in [-0.39, 0.29) is 16.9 Å². The lowest BCUT2D eigenvalue weighted by molar-refractivity contribution is 0.248.